The van der Waals surface area contributed by atoms with Crippen molar-refractivity contribution in [3.63, 3.8) is 0 Å². The molecule has 0 saturated carbocycles. The van der Waals surface area contributed by atoms with Crippen molar-refractivity contribution in [1.82, 2.24) is 9.97 Å². The SMILES string of the molecule is O=C1C(=O)c2[nH]c(N3CCOCC3)nc2-c2ccccc21. The number of anilines is 1. The summed E-state index contributed by atoms with van der Waals surface area (Å²) >= 11 is 0. The van der Waals surface area contributed by atoms with Crippen molar-refractivity contribution in [1.29, 1.82) is 0 Å². The number of benzene rings is 1. The molecule has 1 aliphatic heterocycles. The number of aromatic nitrogens is 2. The molecule has 1 aliphatic carbocycles. The van der Waals surface area contributed by atoms with E-state index >= 15 is 0 Å². The number of hydrogen-bond donors (Lipinski definition) is 1. The number of Topliss-reactive ketones (excluding diaryl/α,β-unsaturated/α-hetero) is 2. The van der Waals surface area contributed by atoms with Crippen LogP contribution in [0.25, 0.3) is 11.3 Å². The zero-order valence-corrected chi connectivity index (χ0v) is 11.3. The van der Waals surface area contributed by atoms with Gasteiger partial charge in [-0.2, -0.15) is 0 Å². The van der Waals surface area contributed by atoms with Crippen LogP contribution in [0.15, 0.2) is 24.3 Å². The smallest absolute Gasteiger partial charge is 0.252 e. The summed E-state index contributed by atoms with van der Waals surface area (Å²) in [6.45, 7) is 2.70. The second-order valence-electron chi connectivity index (χ2n) is 5.09. The van der Waals surface area contributed by atoms with E-state index in [4.69, 9.17) is 4.74 Å². The lowest BCUT2D eigenvalue weighted by Crippen LogP contribution is -2.36. The maximum absolute atomic E-state index is 12.2. The summed E-state index contributed by atoms with van der Waals surface area (Å²) in [4.78, 5) is 33.9. The number of nitrogens with one attached hydrogen (secondary N) is 1. The molecule has 1 fully saturated rings. The van der Waals surface area contributed by atoms with E-state index in [2.05, 4.69) is 9.97 Å². The predicted octanol–water partition coefficient (Wildman–Crippen LogP) is 1.29. The topological polar surface area (TPSA) is 75.3 Å². The second-order valence-corrected chi connectivity index (χ2v) is 5.09. The quantitative estimate of drug-likeness (QED) is 0.798. The first-order valence-corrected chi connectivity index (χ1v) is 6.87. The third-order valence-corrected chi connectivity index (χ3v) is 3.86. The van der Waals surface area contributed by atoms with Gasteiger partial charge in [-0.15, -0.1) is 0 Å². The van der Waals surface area contributed by atoms with Gasteiger partial charge in [0.15, 0.2) is 0 Å². The molecule has 2 heterocycles. The van der Waals surface area contributed by atoms with Crippen LogP contribution >= 0.6 is 0 Å². The maximum Gasteiger partial charge on any atom is 0.252 e. The van der Waals surface area contributed by atoms with Crippen LogP contribution in [-0.2, 0) is 4.74 Å². The van der Waals surface area contributed by atoms with E-state index in [1.165, 1.54) is 0 Å². The highest BCUT2D eigenvalue weighted by Crippen LogP contribution is 2.33. The van der Waals surface area contributed by atoms with E-state index in [0.717, 1.165) is 13.1 Å². The molecular formula is C15H13N3O3. The molecule has 2 aliphatic rings. The average Bonchev–Trinajstić information content (AvgIpc) is 2.99. The Morgan fingerprint density at radius 3 is 2.52 bits per heavy atom. The number of H-pyrrole nitrogens is 1. The second kappa shape index (κ2) is 4.53. The van der Waals surface area contributed by atoms with Crippen LogP contribution in [0.4, 0.5) is 5.95 Å². The molecule has 0 radical (unpaired) electrons. The van der Waals surface area contributed by atoms with Crippen LogP contribution in [0.3, 0.4) is 0 Å². The Morgan fingerprint density at radius 2 is 1.76 bits per heavy atom. The Labute approximate surface area is 120 Å². The lowest BCUT2D eigenvalue weighted by molar-refractivity contribution is 0.0812. The van der Waals surface area contributed by atoms with Crippen molar-refractivity contribution < 1.29 is 14.3 Å². The number of nitrogens with zero attached hydrogens (tertiary/aromatic N) is 2. The minimum absolute atomic E-state index is 0.292. The number of fused-ring (bicyclic) bond motifs is 3. The van der Waals surface area contributed by atoms with Crippen molar-refractivity contribution in [2.75, 3.05) is 31.2 Å². The fourth-order valence-corrected chi connectivity index (χ4v) is 2.77. The molecule has 6 nitrogen and oxygen atoms in total. The van der Waals surface area contributed by atoms with Gasteiger partial charge in [-0.25, -0.2) is 4.98 Å². The molecule has 6 heteroatoms. The first kappa shape index (κ1) is 12.3. The van der Waals surface area contributed by atoms with E-state index < -0.39 is 11.6 Å². The van der Waals surface area contributed by atoms with Crippen LogP contribution in [0.1, 0.15) is 20.8 Å². The van der Waals surface area contributed by atoms with Gasteiger partial charge in [0, 0.05) is 24.2 Å². The monoisotopic (exact) mass is 283 g/mol. The van der Waals surface area contributed by atoms with Crippen LogP contribution in [0.2, 0.25) is 0 Å². The molecular weight excluding hydrogens is 270 g/mol. The third kappa shape index (κ3) is 1.80. The average molecular weight is 283 g/mol. The maximum atomic E-state index is 12.2. The largest absolute Gasteiger partial charge is 0.378 e. The van der Waals surface area contributed by atoms with Crippen molar-refractivity contribution in [3.8, 4) is 11.3 Å². The number of carbonyl (C=O) groups excluding carboxylic acids is 2. The summed E-state index contributed by atoms with van der Waals surface area (Å²) in [6.07, 6.45) is 0. The summed E-state index contributed by atoms with van der Waals surface area (Å²) < 4.78 is 5.31. The van der Waals surface area contributed by atoms with Gasteiger partial charge in [0.05, 0.1) is 13.2 Å². The van der Waals surface area contributed by atoms with Crippen LogP contribution in [-0.4, -0.2) is 47.8 Å². The number of hydrogen-bond acceptors (Lipinski definition) is 5. The zero-order chi connectivity index (χ0) is 14.4. The molecule has 2 aromatic rings. The Bertz CT molecular complexity index is 744. The fraction of sp³-hybridized carbons (Fsp3) is 0.267. The van der Waals surface area contributed by atoms with Crippen LogP contribution in [0, 0.1) is 0 Å². The molecule has 0 spiro atoms. The zero-order valence-electron chi connectivity index (χ0n) is 11.3. The minimum Gasteiger partial charge on any atom is -0.378 e. The normalized spacial score (nSPS) is 17.6. The van der Waals surface area contributed by atoms with Crippen molar-refractivity contribution in [2.24, 2.45) is 0 Å². The van der Waals surface area contributed by atoms with Crippen LogP contribution in [0.5, 0.6) is 0 Å². The Kier molecular flexibility index (Phi) is 2.65. The number of rotatable bonds is 1. The molecule has 4 rings (SSSR count). The van der Waals surface area contributed by atoms with Gasteiger partial charge in [-0.1, -0.05) is 24.3 Å². The predicted molar refractivity (Wildman–Crippen MR) is 75.7 cm³/mol. The van der Waals surface area contributed by atoms with E-state index in [1.807, 2.05) is 17.0 Å². The highest BCUT2D eigenvalue weighted by molar-refractivity contribution is 6.52. The van der Waals surface area contributed by atoms with Crippen LogP contribution < -0.4 is 4.90 Å². The molecule has 1 saturated heterocycles. The van der Waals surface area contributed by atoms with E-state index in [0.29, 0.717) is 41.7 Å². The Hall–Kier alpha value is -2.47. The van der Waals surface area contributed by atoms with Gasteiger partial charge < -0.3 is 14.6 Å². The number of aromatic amines is 1. The summed E-state index contributed by atoms with van der Waals surface area (Å²) in [5, 5.41) is 0. The molecule has 0 amide bonds. The minimum atomic E-state index is -0.518. The molecule has 1 N–H and O–H groups in total. The number of ketones is 2. The van der Waals surface area contributed by atoms with Crippen molar-refractivity contribution in [2.45, 2.75) is 0 Å². The summed E-state index contributed by atoms with van der Waals surface area (Å²) in [7, 11) is 0. The molecule has 21 heavy (non-hydrogen) atoms. The van der Waals surface area contributed by atoms with E-state index in [1.54, 1.807) is 12.1 Å². The van der Waals surface area contributed by atoms with E-state index in [9.17, 15) is 9.59 Å². The summed E-state index contributed by atoms with van der Waals surface area (Å²) in [5.74, 6) is -0.368. The molecule has 1 aromatic heterocycles. The van der Waals surface area contributed by atoms with Gasteiger partial charge in [0.2, 0.25) is 11.7 Å². The lowest BCUT2D eigenvalue weighted by Gasteiger charge is -2.26. The first-order valence-electron chi connectivity index (χ1n) is 6.87. The van der Waals surface area contributed by atoms with Gasteiger partial charge in [-0.3, -0.25) is 9.59 Å². The summed E-state index contributed by atoms with van der Waals surface area (Å²) in [6, 6.07) is 7.09. The fourth-order valence-electron chi connectivity index (χ4n) is 2.77. The number of carbonyl (C=O) groups is 2. The van der Waals surface area contributed by atoms with E-state index in [-0.39, 0.29) is 0 Å². The van der Waals surface area contributed by atoms with Crippen molar-refractivity contribution in [3.05, 3.63) is 35.5 Å². The van der Waals surface area contributed by atoms with Gasteiger partial charge >= 0.3 is 0 Å². The van der Waals surface area contributed by atoms with Gasteiger partial charge in [0.1, 0.15) is 11.4 Å². The molecule has 0 bridgehead atoms. The third-order valence-electron chi connectivity index (χ3n) is 3.86. The lowest BCUT2D eigenvalue weighted by atomic mass is 9.90. The Morgan fingerprint density at radius 1 is 1.05 bits per heavy atom. The summed E-state index contributed by atoms with van der Waals surface area (Å²) in [5.41, 5.74) is 2.00. The molecule has 106 valence electrons. The molecule has 1 aromatic carbocycles. The van der Waals surface area contributed by atoms with Gasteiger partial charge in [-0.05, 0) is 0 Å². The van der Waals surface area contributed by atoms with Gasteiger partial charge in [0.25, 0.3) is 5.78 Å². The number of imidazole rings is 1. The number of ether oxygens (including phenoxy) is 1. The number of morpholine rings is 1. The van der Waals surface area contributed by atoms with Crippen molar-refractivity contribution >= 4 is 17.5 Å². The molecule has 0 atom stereocenters. The highest BCUT2D eigenvalue weighted by Gasteiger charge is 2.34. The highest BCUT2D eigenvalue weighted by atomic mass is 16.5. The molecule has 0 unspecified atom stereocenters. The first-order chi connectivity index (χ1) is 10.3. The standard InChI is InChI=1S/C15H13N3O3/c19-13-10-4-2-1-3-9(10)11-12(14(13)20)17-15(16-11)18-5-7-21-8-6-18/h1-4H,5-8H2,(H,16,17). The Balaban J connectivity index is 1.84.